The van der Waals surface area contributed by atoms with E-state index in [0.29, 0.717) is 10.0 Å². The van der Waals surface area contributed by atoms with Crippen molar-refractivity contribution in [3.05, 3.63) is 58.6 Å². The van der Waals surface area contributed by atoms with Gasteiger partial charge in [0.2, 0.25) is 0 Å². The highest BCUT2D eigenvalue weighted by Gasteiger charge is 2.01. The molecule has 0 saturated carbocycles. The number of rotatable bonds is 3. The summed E-state index contributed by atoms with van der Waals surface area (Å²) < 4.78 is 2.45. The van der Waals surface area contributed by atoms with Crippen molar-refractivity contribution >= 4 is 80.3 Å². The summed E-state index contributed by atoms with van der Waals surface area (Å²) in [6, 6.07) is 9.41. The average Bonchev–Trinajstić information content (AvgIpc) is 2.34. The number of hydrazone groups is 1. The third kappa shape index (κ3) is 4.47. The van der Waals surface area contributed by atoms with Gasteiger partial charge in [-0.3, -0.25) is 5.43 Å². The fourth-order valence-electron chi connectivity index (χ4n) is 1.54. The first-order valence-corrected chi connectivity index (χ1v) is 8.58. The van der Waals surface area contributed by atoms with Crippen molar-refractivity contribution in [3.63, 3.8) is 0 Å². The summed E-state index contributed by atoms with van der Waals surface area (Å²) in [7, 11) is 0. The highest BCUT2D eigenvalue weighted by atomic mass is 127. The van der Waals surface area contributed by atoms with E-state index in [1.165, 1.54) is 12.7 Å². The molecule has 6 heteroatoms. The van der Waals surface area contributed by atoms with Crippen molar-refractivity contribution in [1.29, 1.82) is 0 Å². The number of nitrogens with one attached hydrogen (secondary N) is 1. The second kappa shape index (κ2) is 7.29. The van der Waals surface area contributed by atoms with Crippen LogP contribution < -0.4 is 5.43 Å². The van der Waals surface area contributed by atoms with Crippen LogP contribution in [0.1, 0.15) is 11.1 Å². The van der Waals surface area contributed by atoms with Crippen LogP contribution in [0.4, 0.5) is 5.69 Å². The zero-order valence-corrected chi connectivity index (χ0v) is 16.3. The molecule has 0 saturated heterocycles. The molecule has 2 aromatic carbocycles. The molecule has 2 aromatic rings. The molecule has 0 aliphatic rings. The van der Waals surface area contributed by atoms with Crippen molar-refractivity contribution in [2.24, 2.45) is 5.10 Å². The second-order valence-electron chi connectivity index (χ2n) is 4.14. The summed E-state index contributed by atoms with van der Waals surface area (Å²) in [6.45, 7) is 2.11. The first kappa shape index (κ1) is 16.3. The van der Waals surface area contributed by atoms with E-state index in [1.54, 1.807) is 24.4 Å². The summed E-state index contributed by atoms with van der Waals surface area (Å²) >= 11 is 16.5. The zero-order chi connectivity index (χ0) is 14.7. The molecule has 0 fully saturated rings. The Labute approximate surface area is 155 Å². The van der Waals surface area contributed by atoms with E-state index in [2.05, 4.69) is 74.8 Å². The van der Waals surface area contributed by atoms with E-state index in [9.17, 15) is 0 Å². The van der Waals surface area contributed by atoms with Crippen LogP contribution in [-0.2, 0) is 0 Å². The molecule has 0 spiro atoms. The van der Waals surface area contributed by atoms with Crippen molar-refractivity contribution in [3.8, 4) is 0 Å². The van der Waals surface area contributed by atoms with Gasteiger partial charge < -0.3 is 0 Å². The maximum Gasteiger partial charge on any atom is 0.0591 e. The van der Waals surface area contributed by atoms with Crippen LogP contribution in [-0.4, -0.2) is 6.21 Å². The number of anilines is 1. The average molecular weight is 531 g/mol. The zero-order valence-electron chi connectivity index (χ0n) is 10.4. The van der Waals surface area contributed by atoms with Crippen LogP contribution in [0.5, 0.6) is 0 Å². The molecule has 0 unspecified atom stereocenters. The molecule has 1 N–H and O–H groups in total. The lowest BCUT2D eigenvalue weighted by atomic mass is 10.2. The molecule has 0 amide bonds. The van der Waals surface area contributed by atoms with Gasteiger partial charge in [0.1, 0.15) is 0 Å². The summed E-state index contributed by atoms with van der Waals surface area (Å²) in [6.07, 6.45) is 1.78. The molecule has 20 heavy (non-hydrogen) atoms. The lowest BCUT2D eigenvalue weighted by molar-refractivity contribution is 1.34. The first-order valence-electron chi connectivity index (χ1n) is 5.66. The van der Waals surface area contributed by atoms with Crippen LogP contribution in [0.3, 0.4) is 0 Å². The molecular formula is C14H10Cl2I2N2. The van der Waals surface area contributed by atoms with Gasteiger partial charge in [-0.2, -0.15) is 5.10 Å². The van der Waals surface area contributed by atoms with Crippen LogP contribution in [0.2, 0.25) is 10.0 Å². The molecule has 0 bridgehead atoms. The number of hydrogen-bond acceptors (Lipinski definition) is 2. The summed E-state index contributed by atoms with van der Waals surface area (Å²) in [5, 5.41) is 5.36. The smallest absolute Gasteiger partial charge is 0.0591 e. The SMILES string of the molecule is Cc1c(I)cc(/C=N/Nc2cc(Cl)cc(Cl)c2)cc1I. The largest absolute Gasteiger partial charge is 0.278 e. The minimum Gasteiger partial charge on any atom is -0.278 e. The Morgan fingerprint density at radius 1 is 1.00 bits per heavy atom. The first-order chi connectivity index (χ1) is 9.45. The van der Waals surface area contributed by atoms with Crippen molar-refractivity contribution in [2.75, 3.05) is 5.43 Å². The van der Waals surface area contributed by atoms with Gasteiger partial charge in [-0.25, -0.2) is 0 Å². The lowest BCUT2D eigenvalue weighted by Crippen LogP contribution is -1.94. The highest BCUT2D eigenvalue weighted by molar-refractivity contribution is 14.1. The van der Waals surface area contributed by atoms with E-state index < -0.39 is 0 Å². The molecule has 2 nitrogen and oxygen atoms in total. The van der Waals surface area contributed by atoms with Crippen LogP contribution >= 0.6 is 68.4 Å². The Morgan fingerprint density at radius 2 is 1.55 bits per heavy atom. The Balaban J connectivity index is 2.14. The Hall–Kier alpha value is -0.0500. The predicted octanol–water partition coefficient (Wildman–Crippen LogP) is 5.96. The van der Waals surface area contributed by atoms with E-state index in [1.807, 2.05) is 0 Å². The van der Waals surface area contributed by atoms with Gasteiger partial charge in [-0.05, 0) is 93.6 Å². The molecule has 2 rings (SSSR count). The van der Waals surface area contributed by atoms with Gasteiger partial charge in [0.05, 0.1) is 11.9 Å². The van der Waals surface area contributed by atoms with Gasteiger partial charge in [0.25, 0.3) is 0 Å². The van der Waals surface area contributed by atoms with Crippen LogP contribution in [0.25, 0.3) is 0 Å². The Morgan fingerprint density at radius 3 is 2.10 bits per heavy atom. The van der Waals surface area contributed by atoms with Gasteiger partial charge in [-0.1, -0.05) is 23.2 Å². The van der Waals surface area contributed by atoms with Gasteiger partial charge in [0, 0.05) is 17.2 Å². The van der Waals surface area contributed by atoms with Crippen LogP contribution in [0.15, 0.2) is 35.4 Å². The Kier molecular flexibility index (Phi) is 5.95. The maximum atomic E-state index is 5.93. The second-order valence-corrected chi connectivity index (χ2v) is 7.33. The maximum absolute atomic E-state index is 5.93. The minimum absolute atomic E-state index is 0.578. The number of halogens is 4. The summed E-state index contributed by atoms with van der Waals surface area (Å²) in [5.74, 6) is 0. The monoisotopic (exact) mass is 530 g/mol. The molecule has 0 aliphatic heterocycles. The van der Waals surface area contributed by atoms with Crippen molar-refractivity contribution in [2.45, 2.75) is 6.92 Å². The molecule has 0 atom stereocenters. The van der Waals surface area contributed by atoms with Crippen molar-refractivity contribution < 1.29 is 0 Å². The molecule has 0 aliphatic carbocycles. The lowest BCUT2D eigenvalue weighted by Gasteiger charge is -2.04. The fourth-order valence-corrected chi connectivity index (χ4v) is 3.88. The number of benzene rings is 2. The molecule has 104 valence electrons. The molecule has 0 aromatic heterocycles. The number of hydrogen-bond donors (Lipinski definition) is 1. The minimum atomic E-state index is 0.578. The molecule has 0 radical (unpaired) electrons. The van der Waals surface area contributed by atoms with E-state index in [4.69, 9.17) is 23.2 Å². The van der Waals surface area contributed by atoms with Crippen LogP contribution in [0, 0.1) is 14.1 Å². The van der Waals surface area contributed by atoms with Gasteiger partial charge in [-0.15, -0.1) is 0 Å². The third-order valence-corrected chi connectivity index (χ3v) is 5.25. The summed E-state index contributed by atoms with van der Waals surface area (Å²) in [5.41, 5.74) is 6.02. The van der Waals surface area contributed by atoms with Gasteiger partial charge in [0.15, 0.2) is 0 Å². The Bertz CT molecular complexity index is 629. The highest BCUT2D eigenvalue weighted by Crippen LogP contribution is 2.22. The van der Waals surface area contributed by atoms with E-state index >= 15 is 0 Å². The standard InChI is InChI=1S/C14H10Cl2I2N2/c1-8-13(17)2-9(3-14(8)18)7-19-20-12-5-10(15)4-11(16)6-12/h2-7,20H,1H3/b19-7+. The topological polar surface area (TPSA) is 24.4 Å². The quantitative estimate of drug-likeness (QED) is 0.296. The predicted molar refractivity (Wildman–Crippen MR) is 104 cm³/mol. The fraction of sp³-hybridized carbons (Fsp3) is 0.0714. The summed E-state index contributed by atoms with van der Waals surface area (Å²) in [4.78, 5) is 0. The number of nitrogens with zero attached hydrogens (tertiary/aromatic N) is 1. The van der Waals surface area contributed by atoms with Crippen molar-refractivity contribution in [1.82, 2.24) is 0 Å². The molecule has 0 heterocycles. The third-order valence-electron chi connectivity index (χ3n) is 2.57. The molecular weight excluding hydrogens is 521 g/mol. The van der Waals surface area contributed by atoms with Gasteiger partial charge >= 0.3 is 0 Å². The van der Waals surface area contributed by atoms with E-state index in [0.717, 1.165) is 11.3 Å². The normalized spacial score (nSPS) is 11.1. The van der Waals surface area contributed by atoms with E-state index in [-0.39, 0.29) is 0 Å².